The number of amides is 1. The van der Waals surface area contributed by atoms with Gasteiger partial charge in [0, 0.05) is 12.6 Å². The van der Waals surface area contributed by atoms with Crippen LogP contribution in [0, 0.1) is 0 Å². The maximum Gasteiger partial charge on any atom is 0.251 e. The van der Waals surface area contributed by atoms with Gasteiger partial charge in [0.05, 0.1) is 11.8 Å². The van der Waals surface area contributed by atoms with Crippen LogP contribution in [0.5, 0.6) is 5.75 Å². The van der Waals surface area contributed by atoms with Crippen LogP contribution in [0.2, 0.25) is 0 Å². The highest BCUT2D eigenvalue weighted by Crippen LogP contribution is 2.28. The number of benzene rings is 1. The van der Waals surface area contributed by atoms with E-state index in [1.807, 2.05) is 0 Å². The predicted molar refractivity (Wildman–Crippen MR) is 71.7 cm³/mol. The summed E-state index contributed by atoms with van der Waals surface area (Å²) in [6.07, 6.45) is 6.20. The number of nitrogens with one attached hydrogen (secondary N) is 1. The summed E-state index contributed by atoms with van der Waals surface area (Å²) in [4.78, 5) is 11.5. The molecule has 1 saturated carbocycles. The van der Waals surface area contributed by atoms with Crippen LogP contribution >= 0.6 is 0 Å². The van der Waals surface area contributed by atoms with E-state index in [9.17, 15) is 4.79 Å². The summed E-state index contributed by atoms with van der Waals surface area (Å²) in [7, 11) is 1.60. The maximum absolute atomic E-state index is 11.5. The summed E-state index contributed by atoms with van der Waals surface area (Å²) >= 11 is 0. The summed E-state index contributed by atoms with van der Waals surface area (Å²) in [6.45, 7) is 0. The van der Waals surface area contributed by atoms with Crippen molar-refractivity contribution in [3.8, 4) is 5.75 Å². The summed E-state index contributed by atoms with van der Waals surface area (Å²) in [5, 5.41) is 2.57. The number of carbonyl (C=O) groups excluding carboxylic acids is 1. The Morgan fingerprint density at radius 1 is 1.33 bits per heavy atom. The van der Waals surface area contributed by atoms with Crippen molar-refractivity contribution in [1.82, 2.24) is 5.32 Å². The molecule has 0 bridgehead atoms. The second-order valence-electron chi connectivity index (χ2n) is 4.71. The zero-order valence-corrected chi connectivity index (χ0v) is 10.7. The van der Waals surface area contributed by atoms with Crippen LogP contribution in [-0.4, -0.2) is 19.1 Å². The molecule has 0 saturated heterocycles. The van der Waals surface area contributed by atoms with E-state index in [1.54, 1.807) is 25.2 Å². The summed E-state index contributed by atoms with van der Waals surface area (Å²) in [5.74, 6) is 0.556. The van der Waals surface area contributed by atoms with Gasteiger partial charge in [0.2, 0.25) is 0 Å². The minimum atomic E-state index is -0.133. The van der Waals surface area contributed by atoms with Gasteiger partial charge in [-0.15, -0.1) is 0 Å². The third-order valence-corrected chi connectivity index (χ3v) is 3.34. The van der Waals surface area contributed by atoms with Gasteiger partial charge >= 0.3 is 0 Å². The highest BCUT2D eigenvalue weighted by Gasteiger charge is 2.16. The quantitative estimate of drug-likeness (QED) is 0.807. The Morgan fingerprint density at radius 3 is 2.67 bits per heavy atom. The second kappa shape index (κ2) is 5.76. The van der Waals surface area contributed by atoms with Crippen LogP contribution in [-0.2, 0) is 0 Å². The SMILES string of the molecule is CNC(=O)c1ccc(OC2CCCCC2)c(N)c1. The number of anilines is 1. The van der Waals surface area contributed by atoms with Gasteiger partial charge in [0.25, 0.3) is 5.91 Å². The molecule has 1 aliphatic rings. The topological polar surface area (TPSA) is 64.3 Å². The molecule has 0 unspecified atom stereocenters. The normalized spacial score (nSPS) is 16.3. The van der Waals surface area contributed by atoms with Crippen LogP contribution in [0.4, 0.5) is 5.69 Å². The van der Waals surface area contributed by atoms with Gasteiger partial charge in [0.15, 0.2) is 0 Å². The maximum atomic E-state index is 11.5. The van der Waals surface area contributed by atoms with Gasteiger partial charge in [-0.25, -0.2) is 0 Å². The van der Waals surface area contributed by atoms with Crippen molar-refractivity contribution in [3.05, 3.63) is 23.8 Å². The Morgan fingerprint density at radius 2 is 2.06 bits per heavy atom. The van der Waals surface area contributed by atoms with Crippen LogP contribution in [0.3, 0.4) is 0 Å². The lowest BCUT2D eigenvalue weighted by molar-refractivity contribution is 0.0963. The fourth-order valence-electron chi connectivity index (χ4n) is 2.30. The smallest absolute Gasteiger partial charge is 0.251 e. The molecule has 4 heteroatoms. The van der Waals surface area contributed by atoms with E-state index in [1.165, 1.54) is 19.3 Å². The van der Waals surface area contributed by atoms with E-state index in [4.69, 9.17) is 10.5 Å². The molecule has 1 aromatic rings. The fraction of sp³-hybridized carbons (Fsp3) is 0.500. The van der Waals surface area contributed by atoms with Gasteiger partial charge in [-0.05, 0) is 43.9 Å². The molecule has 0 spiro atoms. The minimum absolute atomic E-state index is 0.133. The van der Waals surface area contributed by atoms with E-state index in [-0.39, 0.29) is 12.0 Å². The zero-order chi connectivity index (χ0) is 13.0. The third kappa shape index (κ3) is 2.94. The summed E-state index contributed by atoms with van der Waals surface area (Å²) in [5.41, 5.74) is 7.02. The van der Waals surface area contributed by atoms with Crippen molar-refractivity contribution in [2.45, 2.75) is 38.2 Å². The number of rotatable bonds is 3. The summed E-state index contributed by atoms with van der Waals surface area (Å²) in [6, 6.07) is 5.19. The van der Waals surface area contributed by atoms with Crippen LogP contribution in [0.1, 0.15) is 42.5 Å². The molecule has 0 aromatic heterocycles. The molecule has 0 atom stereocenters. The first-order valence-corrected chi connectivity index (χ1v) is 6.49. The van der Waals surface area contributed by atoms with Gasteiger partial charge in [-0.1, -0.05) is 6.42 Å². The van der Waals surface area contributed by atoms with E-state index in [0.717, 1.165) is 12.8 Å². The lowest BCUT2D eigenvalue weighted by atomic mass is 9.98. The number of nitrogen functional groups attached to an aromatic ring is 1. The third-order valence-electron chi connectivity index (χ3n) is 3.34. The Hall–Kier alpha value is -1.71. The largest absolute Gasteiger partial charge is 0.488 e. The Balaban J connectivity index is 2.07. The van der Waals surface area contributed by atoms with Crippen molar-refractivity contribution in [1.29, 1.82) is 0 Å². The number of nitrogens with two attached hydrogens (primary N) is 1. The molecule has 3 N–H and O–H groups in total. The molecule has 1 fully saturated rings. The number of ether oxygens (including phenoxy) is 1. The lowest BCUT2D eigenvalue weighted by Crippen LogP contribution is -2.21. The van der Waals surface area contributed by atoms with Crippen molar-refractivity contribution in [3.63, 3.8) is 0 Å². The number of hydrogen-bond donors (Lipinski definition) is 2. The van der Waals surface area contributed by atoms with E-state index in [2.05, 4.69) is 5.32 Å². The molecule has 0 radical (unpaired) electrons. The number of carbonyl (C=O) groups is 1. The summed E-state index contributed by atoms with van der Waals surface area (Å²) < 4.78 is 5.90. The zero-order valence-electron chi connectivity index (χ0n) is 10.7. The first kappa shape index (κ1) is 12.7. The molecule has 1 amide bonds. The average molecular weight is 248 g/mol. The highest BCUT2D eigenvalue weighted by molar-refractivity contribution is 5.95. The molecular formula is C14H20N2O2. The molecule has 0 aliphatic heterocycles. The molecule has 4 nitrogen and oxygen atoms in total. The Bertz CT molecular complexity index is 426. The van der Waals surface area contributed by atoms with Crippen LogP contribution in [0.15, 0.2) is 18.2 Å². The van der Waals surface area contributed by atoms with Gasteiger partial charge in [0.1, 0.15) is 5.75 Å². The van der Waals surface area contributed by atoms with E-state index < -0.39 is 0 Å². The van der Waals surface area contributed by atoms with Crippen molar-refractivity contribution >= 4 is 11.6 Å². The van der Waals surface area contributed by atoms with Gasteiger partial charge in [-0.2, -0.15) is 0 Å². The minimum Gasteiger partial charge on any atom is -0.488 e. The molecular weight excluding hydrogens is 228 g/mol. The Labute approximate surface area is 108 Å². The molecule has 1 aliphatic carbocycles. The van der Waals surface area contributed by atoms with E-state index >= 15 is 0 Å². The first-order chi connectivity index (χ1) is 8.70. The second-order valence-corrected chi connectivity index (χ2v) is 4.71. The molecule has 18 heavy (non-hydrogen) atoms. The van der Waals surface area contributed by atoms with E-state index in [0.29, 0.717) is 17.0 Å². The Kier molecular flexibility index (Phi) is 4.07. The molecule has 1 aromatic carbocycles. The first-order valence-electron chi connectivity index (χ1n) is 6.49. The van der Waals surface area contributed by atoms with Crippen LogP contribution < -0.4 is 15.8 Å². The van der Waals surface area contributed by atoms with Crippen LogP contribution in [0.25, 0.3) is 0 Å². The number of hydrogen-bond acceptors (Lipinski definition) is 3. The van der Waals surface area contributed by atoms with Crippen molar-refractivity contribution in [2.75, 3.05) is 12.8 Å². The molecule has 0 heterocycles. The van der Waals surface area contributed by atoms with Gasteiger partial charge < -0.3 is 15.8 Å². The average Bonchev–Trinajstić information content (AvgIpc) is 2.41. The monoisotopic (exact) mass is 248 g/mol. The lowest BCUT2D eigenvalue weighted by Gasteiger charge is -2.23. The standard InChI is InChI=1S/C14H20N2O2/c1-16-14(17)10-7-8-13(12(15)9-10)18-11-5-3-2-4-6-11/h7-9,11H,2-6,15H2,1H3,(H,16,17). The van der Waals surface area contributed by atoms with Crippen molar-refractivity contribution in [2.24, 2.45) is 0 Å². The van der Waals surface area contributed by atoms with Crippen molar-refractivity contribution < 1.29 is 9.53 Å². The van der Waals surface area contributed by atoms with Gasteiger partial charge in [-0.3, -0.25) is 4.79 Å². The highest BCUT2D eigenvalue weighted by atomic mass is 16.5. The molecule has 98 valence electrons. The fourth-order valence-corrected chi connectivity index (χ4v) is 2.30. The predicted octanol–water partition coefficient (Wildman–Crippen LogP) is 2.34. The molecule has 2 rings (SSSR count).